The van der Waals surface area contributed by atoms with Gasteiger partial charge in [-0.25, -0.2) is 13.4 Å². The smallest absolute Gasteiger partial charge is 0.259 e. The largest absolute Gasteiger partial charge is 0.340 e. The van der Waals surface area contributed by atoms with Crippen molar-refractivity contribution in [1.29, 1.82) is 0 Å². The van der Waals surface area contributed by atoms with Gasteiger partial charge in [0.1, 0.15) is 0 Å². The Labute approximate surface area is 122 Å². The van der Waals surface area contributed by atoms with Crippen molar-refractivity contribution < 1.29 is 12.9 Å². The Morgan fingerprint density at radius 3 is 2.62 bits per heavy atom. The maximum Gasteiger partial charge on any atom is 0.259 e. The molecule has 0 bridgehead atoms. The summed E-state index contributed by atoms with van der Waals surface area (Å²) in [5, 5.41) is 3.92. The van der Waals surface area contributed by atoms with E-state index in [2.05, 4.69) is 19.8 Å². The monoisotopic (exact) mass is 308 g/mol. The standard InChI is InChI=1S/C13H16N4O3S/c1-9-5-3-8-14-11(9)21(18,19)17-13(6-4-7-13)12-15-10(2)20-16-12/h3,5,8,17H,4,6-7H2,1-2H3. The minimum atomic E-state index is -3.73. The van der Waals surface area contributed by atoms with Crippen LogP contribution in [0.15, 0.2) is 27.9 Å². The molecule has 21 heavy (non-hydrogen) atoms. The molecule has 0 radical (unpaired) electrons. The molecule has 3 rings (SSSR count). The first-order chi connectivity index (χ1) is 9.93. The normalized spacial score (nSPS) is 17.4. The number of rotatable bonds is 4. The van der Waals surface area contributed by atoms with Crippen molar-refractivity contribution in [2.45, 2.75) is 43.7 Å². The lowest BCUT2D eigenvalue weighted by molar-refractivity contribution is 0.203. The lowest BCUT2D eigenvalue weighted by Crippen LogP contribution is -2.51. The summed E-state index contributed by atoms with van der Waals surface area (Å²) in [4.78, 5) is 8.16. The van der Waals surface area contributed by atoms with Crippen LogP contribution in [0, 0.1) is 13.8 Å². The van der Waals surface area contributed by atoms with Gasteiger partial charge in [0.2, 0.25) is 5.89 Å². The van der Waals surface area contributed by atoms with E-state index in [0.717, 1.165) is 6.42 Å². The molecule has 0 aromatic carbocycles. The van der Waals surface area contributed by atoms with E-state index in [4.69, 9.17) is 4.52 Å². The van der Waals surface area contributed by atoms with Gasteiger partial charge in [0.05, 0.1) is 5.54 Å². The van der Waals surface area contributed by atoms with E-state index in [0.29, 0.717) is 30.1 Å². The van der Waals surface area contributed by atoms with E-state index in [9.17, 15) is 8.42 Å². The highest BCUT2D eigenvalue weighted by Crippen LogP contribution is 2.41. The summed E-state index contributed by atoms with van der Waals surface area (Å²) in [5.74, 6) is 0.813. The Balaban J connectivity index is 1.96. The van der Waals surface area contributed by atoms with Crippen LogP contribution >= 0.6 is 0 Å². The van der Waals surface area contributed by atoms with Gasteiger partial charge >= 0.3 is 0 Å². The zero-order valence-electron chi connectivity index (χ0n) is 11.8. The third-order valence-electron chi connectivity index (χ3n) is 3.71. The van der Waals surface area contributed by atoms with Crippen molar-refractivity contribution in [3.8, 4) is 0 Å². The minimum Gasteiger partial charge on any atom is -0.340 e. The highest BCUT2D eigenvalue weighted by molar-refractivity contribution is 7.89. The molecule has 0 unspecified atom stereocenters. The molecule has 1 saturated carbocycles. The number of aryl methyl sites for hydroxylation is 2. The molecule has 7 nitrogen and oxygen atoms in total. The summed E-state index contributed by atoms with van der Waals surface area (Å²) < 4.78 is 32.9. The van der Waals surface area contributed by atoms with E-state index < -0.39 is 15.6 Å². The van der Waals surface area contributed by atoms with Crippen molar-refractivity contribution in [3.63, 3.8) is 0 Å². The van der Waals surface area contributed by atoms with Crippen LogP contribution in [0.25, 0.3) is 0 Å². The van der Waals surface area contributed by atoms with Crippen LogP contribution in [-0.4, -0.2) is 23.5 Å². The van der Waals surface area contributed by atoms with Gasteiger partial charge in [-0.3, -0.25) is 0 Å². The fraction of sp³-hybridized carbons (Fsp3) is 0.462. The summed E-state index contributed by atoms with van der Waals surface area (Å²) in [7, 11) is -3.73. The lowest BCUT2D eigenvalue weighted by atomic mass is 9.77. The van der Waals surface area contributed by atoms with Gasteiger partial charge in [-0.2, -0.15) is 9.71 Å². The third-order valence-corrected chi connectivity index (χ3v) is 5.30. The molecule has 2 heterocycles. The van der Waals surface area contributed by atoms with Gasteiger partial charge < -0.3 is 4.52 Å². The molecule has 0 aliphatic heterocycles. The molecule has 2 aromatic heterocycles. The summed E-state index contributed by atoms with van der Waals surface area (Å²) in [6, 6.07) is 3.42. The first kappa shape index (κ1) is 14.2. The Bertz CT molecular complexity index is 765. The van der Waals surface area contributed by atoms with Crippen LogP contribution in [0.4, 0.5) is 0 Å². The van der Waals surface area contributed by atoms with Gasteiger partial charge in [-0.1, -0.05) is 11.2 Å². The predicted molar refractivity (Wildman–Crippen MR) is 73.9 cm³/mol. The Morgan fingerprint density at radius 1 is 1.33 bits per heavy atom. The van der Waals surface area contributed by atoms with E-state index in [-0.39, 0.29) is 5.03 Å². The Kier molecular flexibility index (Phi) is 3.29. The number of pyridine rings is 1. The van der Waals surface area contributed by atoms with Gasteiger partial charge in [0.25, 0.3) is 10.0 Å². The van der Waals surface area contributed by atoms with Gasteiger partial charge in [0.15, 0.2) is 10.9 Å². The summed E-state index contributed by atoms with van der Waals surface area (Å²) in [5.41, 5.74) is -0.177. The molecular formula is C13H16N4O3S. The van der Waals surface area contributed by atoms with Crippen LogP contribution in [0.2, 0.25) is 0 Å². The zero-order chi connectivity index (χ0) is 15.1. The second-order valence-corrected chi connectivity index (χ2v) is 6.90. The van der Waals surface area contributed by atoms with Gasteiger partial charge in [-0.05, 0) is 37.8 Å². The molecule has 1 aliphatic rings. The fourth-order valence-electron chi connectivity index (χ4n) is 2.45. The number of nitrogens with zero attached hydrogens (tertiary/aromatic N) is 3. The van der Waals surface area contributed by atoms with Crippen molar-refractivity contribution in [1.82, 2.24) is 19.8 Å². The maximum atomic E-state index is 12.6. The number of hydrogen-bond donors (Lipinski definition) is 1. The first-order valence-corrected chi connectivity index (χ1v) is 8.18. The van der Waals surface area contributed by atoms with Crippen LogP contribution in [0.3, 0.4) is 0 Å². The summed E-state index contributed by atoms with van der Waals surface area (Å²) in [6.07, 6.45) is 3.68. The third kappa shape index (κ3) is 2.44. The van der Waals surface area contributed by atoms with E-state index in [1.165, 1.54) is 6.20 Å². The number of sulfonamides is 1. The van der Waals surface area contributed by atoms with Crippen molar-refractivity contribution in [3.05, 3.63) is 35.6 Å². The van der Waals surface area contributed by atoms with Crippen LogP contribution in [-0.2, 0) is 15.6 Å². The predicted octanol–water partition coefficient (Wildman–Crippen LogP) is 1.44. The molecule has 112 valence electrons. The Hall–Kier alpha value is -1.80. The summed E-state index contributed by atoms with van der Waals surface area (Å²) in [6.45, 7) is 3.40. The van der Waals surface area contributed by atoms with Gasteiger partial charge in [-0.15, -0.1) is 0 Å². The second kappa shape index (κ2) is 4.88. The molecule has 0 atom stereocenters. The second-order valence-electron chi connectivity index (χ2n) is 5.30. The van der Waals surface area contributed by atoms with Gasteiger partial charge in [0, 0.05) is 13.1 Å². The number of nitrogens with one attached hydrogen (secondary N) is 1. The molecular weight excluding hydrogens is 292 g/mol. The molecule has 1 aliphatic carbocycles. The average molecular weight is 308 g/mol. The Morgan fingerprint density at radius 2 is 2.10 bits per heavy atom. The van der Waals surface area contributed by atoms with E-state index in [1.807, 2.05) is 0 Å². The molecule has 0 amide bonds. The van der Waals surface area contributed by atoms with Crippen LogP contribution < -0.4 is 4.72 Å². The molecule has 8 heteroatoms. The van der Waals surface area contributed by atoms with Crippen LogP contribution in [0.1, 0.15) is 36.5 Å². The van der Waals surface area contributed by atoms with E-state index in [1.54, 1.807) is 26.0 Å². The van der Waals surface area contributed by atoms with Crippen molar-refractivity contribution in [2.24, 2.45) is 0 Å². The number of hydrogen-bond acceptors (Lipinski definition) is 6. The van der Waals surface area contributed by atoms with E-state index >= 15 is 0 Å². The van der Waals surface area contributed by atoms with Crippen molar-refractivity contribution >= 4 is 10.0 Å². The highest BCUT2D eigenvalue weighted by atomic mass is 32.2. The molecule has 1 N–H and O–H groups in total. The fourth-order valence-corrected chi connectivity index (χ4v) is 4.05. The topological polar surface area (TPSA) is 98.0 Å². The lowest BCUT2D eigenvalue weighted by Gasteiger charge is -2.39. The quantitative estimate of drug-likeness (QED) is 0.917. The minimum absolute atomic E-state index is 0.0384. The molecule has 1 fully saturated rings. The zero-order valence-corrected chi connectivity index (χ0v) is 12.6. The number of aromatic nitrogens is 3. The summed E-state index contributed by atoms with van der Waals surface area (Å²) >= 11 is 0. The average Bonchev–Trinajstić information content (AvgIpc) is 2.81. The highest BCUT2D eigenvalue weighted by Gasteiger charge is 2.46. The van der Waals surface area contributed by atoms with Crippen LogP contribution in [0.5, 0.6) is 0 Å². The first-order valence-electron chi connectivity index (χ1n) is 6.69. The maximum absolute atomic E-state index is 12.6. The molecule has 2 aromatic rings. The molecule has 0 spiro atoms. The molecule has 0 saturated heterocycles. The SMILES string of the molecule is Cc1nc(C2(NS(=O)(=O)c3ncccc3C)CCC2)no1. The van der Waals surface area contributed by atoms with Crippen molar-refractivity contribution in [2.75, 3.05) is 0 Å².